The van der Waals surface area contributed by atoms with E-state index in [1.54, 1.807) is 27.4 Å². The molecule has 1 atom stereocenters. The molecule has 1 heterocycles. The number of rotatable bonds is 9. The fraction of sp³-hybridized carbons (Fsp3) is 0.261. The van der Waals surface area contributed by atoms with Crippen molar-refractivity contribution in [2.24, 2.45) is 0 Å². The van der Waals surface area contributed by atoms with Crippen LogP contribution < -0.4 is 20.1 Å². The molecule has 0 spiro atoms. The molecule has 0 saturated carbocycles. The van der Waals surface area contributed by atoms with Crippen molar-refractivity contribution >= 4 is 34.4 Å². The monoisotopic (exact) mass is 422 g/mol. The molecule has 31 heavy (non-hydrogen) atoms. The van der Waals surface area contributed by atoms with Crippen LogP contribution in [0.3, 0.4) is 0 Å². The summed E-state index contributed by atoms with van der Waals surface area (Å²) in [6, 6.07) is 11.3. The second-order valence-electron chi connectivity index (χ2n) is 6.89. The van der Waals surface area contributed by atoms with Crippen LogP contribution in [0.4, 0.5) is 11.5 Å². The summed E-state index contributed by atoms with van der Waals surface area (Å²) >= 11 is 0. The zero-order valence-electron chi connectivity index (χ0n) is 18.0. The highest BCUT2D eigenvalue weighted by molar-refractivity contribution is 5.93. The second kappa shape index (κ2) is 10.4. The molecule has 0 fully saturated rings. The summed E-state index contributed by atoms with van der Waals surface area (Å²) in [5.41, 5.74) is 2.49. The number of carbonyl (C=O) groups excluding carboxylic acids is 1. The lowest BCUT2D eigenvalue weighted by Gasteiger charge is -2.12. The van der Waals surface area contributed by atoms with E-state index in [0.717, 1.165) is 22.2 Å². The highest BCUT2D eigenvalue weighted by Gasteiger charge is 2.11. The summed E-state index contributed by atoms with van der Waals surface area (Å²) in [6.45, 7) is 2.36. The van der Waals surface area contributed by atoms with E-state index in [9.17, 15) is 4.79 Å². The molecule has 0 aliphatic rings. The standard InChI is InChI=1S/C23H26N4O4/c1-15(13-29-2)26-22(28)10-7-16-5-8-17(9-6-16)27-23-18-11-20(30-3)21(31-4)12-19(18)24-14-25-23/h5-12,14-15H,13H2,1-4H3,(H,26,28)(H,24,25,27). The lowest BCUT2D eigenvalue weighted by atomic mass is 10.1. The number of hydrogen-bond donors (Lipinski definition) is 2. The fourth-order valence-corrected chi connectivity index (χ4v) is 3.05. The molecule has 1 aromatic heterocycles. The Morgan fingerprint density at radius 3 is 2.45 bits per heavy atom. The van der Waals surface area contributed by atoms with E-state index in [-0.39, 0.29) is 11.9 Å². The van der Waals surface area contributed by atoms with Crippen molar-refractivity contribution in [2.45, 2.75) is 13.0 Å². The van der Waals surface area contributed by atoms with Gasteiger partial charge in [-0.15, -0.1) is 0 Å². The largest absolute Gasteiger partial charge is 0.493 e. The average molecular weight is 422 g/mol. The molecule has 1 unspecified atom stereocenters. The summed E-state index contributed by atoms with van der Waals surface area (Å²) in [4.78, 5) is 20.6. The third-order valence-electron chi connectivity index (χ3n) is 4.55. The molecule has 0 bridgehead atoms. The number of nitrogens with zero attached hydrogens (tertiary/aromatic N) is 2. The minimum absolute atomic E-state index is 0.0463. The summed E-state index contributed by atoms with van der Waals surface area (Å²) in [5, 5.41) is 6.95. The number of ether oxygens (including phenoxy) is 3. The smallest absolute Gasteiger partial charge is 0.244 e. The average Bonchev–Trinajstić information content (AvgIpc) is 2.78. The molecular weight excluding hydrogens is 396 g/mol. The zero-order chi connectivity index (χ0) is 22.2. The predicted octanol–water partition coefficient (Wildman–Crippen LogP) is 3.55. The minimum atomic E-state index is -0.163. The highest BCUT2D eigenvalue weighted by atomic mass is 16.5. The van der Waals surface area contributed by atoms with Gasteiger partial charge in [0.25, 0.3) is 0 Å². The second-order valence-corrected chi connectivity index (χ2v) is 6.89. The Morgan fingerprint density at radius 1 is 1.06 bits per heavy atom. The number of hydrogen-bond acceptors (Lipinski definition) is 7. The lowest BCUT2D eigenvalue weighted by Crippen LogP contribution is -2.34. The van der Waals surface area contributed by atoms with E-state index >= 15 is 0 Å². The van der Waals surface area contributed by atoms with Crippen LogP contribution in [0.25, 0.3) is 17.0 Å². The zero-order valence-corrected chi connectivity index (χ0v) is 18.0. The number of carbonyl (C=O) groups is 1. The van der Waals surface area contributed by atoms with Crippen molar-refractivity contribution in [2.75, 3.05) is 33.3 Å². The van der Waals surface area contributed by atoms with Gasteiger partial charge in [0.15, 0.2) is 11.5 Å². The Bertz CT molecular complexity index is 1070. The molecule has 0 aliphatic carbocycles. The van der Waals surface area contributed by atoms with Gasteiger partial charge in [0.2, 0.25) is 5.91 Å². The molecule has 3 aromatic rings. The molecule has 8 nitrogen and oxygen atoms in total. The molecule has 0 saturated heterocycles. The van der Waals surface area contributed by atoms with Crippen LogP contribution in [-0.4, -0.2) is 49.9 Å². The normalized spacial score (nSPS) is 12.0. The van der Waals surface area contributed by atoms with E-state index in [0.29, 0.717) is 23.9 Å². The summed E-state index contributed by atoms with van der Waals surface area (Å²) in [7, 11) is 4.78. The minimum Gasteiger partial charge on any atom is -0.493 e. The first-order chi connectivity index (χ1) is 15.0. The molecule has 3 rings (SSSR count). The van der Waals surface area contributed by atoms with E-state index in [1.165, 1.54) is 12.4 Å². The van der Waals surface area contributed by atoms with Gasteiger partial charge in [-0.05, 0) is 36.8 Å². The van der Waals surface area contributed by atoms with Crippen LogP contribution in [0.15, 0.2) is 48.8 Å². The van der Waals surface area contributed by atoms with Crippen LogP contribution >= 0.6 is 0 Å². The number of methoxy groups -OCH3 is 3. The number of anilines is 2. The lowest BCUT2D eigenvalue weighted by molar-refractivity contribution is -0.117. The summed E-state index contributed by atoms with van der Waals surface area (Å²) < 4.78 is 15.7. The van der Waals surface area contributed by atoms with Crippen molar-refractivity contribution in [1.82, 2.24) is 15.3 Å². The van der Waals surface area contributed by atoms with Gasteiger partial charge in [0.1, 0.15) is 12.1 Å². The van der Waals surface area contributed by atoms with Gasteiger partial charge >= 0.3 is 0 Å². The van der Waals surface area contributed by atoms with E-state index in [4.69, 9.17) is 14.2 Å². The molecule has 162 valence electrons. The molecule has 2 N–H and O–H groups in total. The molecule has 0 aliphatic heterocycles. The van der Waals surface area contributed by atoms with Crippen LogP contribution in [0.5, 0.6) is 11.5 Å². The topological polar surface area (TPSA) is 94.6 Å². The molecule has 2 aromatic carbocycles. The van der Waals surface area contributed by atoms with Crippen molar-refractivity contribution < 1.29 is 19.0 Å². The summed E-state index contributed by atoms with van der Waals surface area (Å²) in [5.74, 6) is 1.70. The number of benzene rings is 2. The predicted molar refractivity (Wildman–Crippen MR) is 121 cm³/mol. The fourth-order valence-electron chi connectivity index (χ4n) is 3.05. The van der Waals surface area contributed by atoms with Gasteiger partial charge in [-0.25, -0.2) is 9.97 Å². The Morgan fingerprint density at radius 2 is 1.77 bits per heavy atom. The third kappa shape index (κ3) is 5.70. The Kier molecular flexibility index (Phi) is 7.40. The van der Waals surface area contributed by atoms with Gasteiger partial charge in [0.05, 0.1) is 26.3 Å². The van der Waals surface area contributed by atoms with Crippen LogP contribution in [0.2, 0.25) is 0 Å². The first kappa shape index (κ1) is 22.0. The molecule has 0 radical (unpaired) electrons. The molecule has 1 amide bonds. The van der Waals surface area contributed by atoms with Crippen LogP contribution in [0, 0.1) is 0 Å². The van der Waals surface area contributed by atoms with E-state index in [2.05, 4.69) is 20.6 Å². The Balaban J connectivity index is 1.73. The highest BCUT2D eigenvalue weighted by Crippen LogP contribution is 2.34. The SMILES string of the molecule is COCC(C)NC(=O)C=Cc1ccc(Nc2ncnc3cc(OC)c(OC)cc23)cc1. The maximum atomic E-state index is 11.9. The van der Waals surface area contributed by atoms with Gasteiger partial charge in [-0.1, -0.05) is 12.1 Å². The van der Waals surface area contributed by atoms with Crippen molar-refractivity contribution in [3.8, 4) is 11.5 Å². The van der Waals surface area contributed by atoms with Crippen LogP contribution in [-0.2, 0) is 9.53 Å². The number of amides is 1. The summed E-state index contributed by atoms with van der Waals surface area (Å²) in [6.07, 6.45) is 4.76. The quantitative estimate of drug-likeness (QED) is 0.509. The number of aromatic nitrogens is 2. The Labute approximate surface area is 181 Å². The van der Waals surface area contributed by atoms with E-state index < -0.39 is 0 Å². The van der Waals surface area contributed by atoms with Gasteiger partial charge in [-0.3, -0.25) is 4.79 Å². The van der Waals surface area contributed by atoms with Gasteiger partial charge < -0.3 is 24.8 Å². The maximum absolute atomic E-state index is 11.9. The van der Waals surface area contributed by atoms with Crippen molar-refractivity contribution in [1.29, 1.82) is 0 Å². The van der Waals surface area contributed by atoms with Gasteiger partial charge in [0, 0.05) is 36.4 Å². The van der Waals surface area contributed by atoms with Crippen molar-refractivity contribution in [3.63, 3.8) is 0 Å². The first-order valence-corrected chi connectivity index (χ1v) is 9.75. The van der Waals surface area contributed by atoms with Crippen LogP contribution in [0.1, 0.15) is 12.5 Å². The number of fused-ring (bicyclic) bond motifs is 1. The Hall–Kier alpha value is -3.65. The molecular formula is C23H26N4O4. The molecule has 8 heteroatoms. The van der Waals surface area contributed by atoms with Crippen molar-refractivity contribution in [3.05, 3.63) is 54.4 Å². The maximum Gasteiger partial charge on any atom is 0.244 e. The number of nitrogens with one attached hydrogen (secondary N) is 2. The third-order valence-corrected chi connectivity index (χ3v) is 4.55. The first-order valence-electron chi connectivity index (χ1n) is 9.75. The van der Waals surface area contributed by atoms with Gasteiger partial charge in [-0.2, -0.15) is 0 Å². The van der Waals surface area contributed by atoms with E-state index in [1.807, 2.05) is 43.3 Å².